The zero-order chi connectivity index (χ0) is 27.0. The molecular formula is C34H34N3OP. The van der Waals surface area contributed by atoms with Gasteiger partial charge in [0.25, 0.3) is 0 Å². The summed E-state index contributed by atoms with van der Waals surface area (Å²) >= 11 is 0. The van der Waals surface area contributed by atoms with E-state index in [2.05, 4.69) is 142 Å². The van der Waals surface area contributed by atoms with E-state index in [9.17, 15) is 0 Å². The average Bonchev–Trinajstić information content (AvgIpc) is 3.31. The molecule has 0 spiro atoms. The maximum atomic E-state index is 7.46. The third kappa shape index (κ3) is 4.43. The quantitative estimate of drug-likeness (QED) is 0.201. The Morgan fingerprint density at radius 1 is 0.718 bits per heavy atom. The minimum absolute atomic E-state index is 0.338. The fourth-order valence-electron chi connectivity index (χ4n) is 5.33. The molecule has 1 atom stereocenters. The predicted octanol–water partition coefficient (Wildman–Crippen LogP) is 9.70. The van der Waals surface area contributed by atoms with Crippen molar-refractivity contribution in [2.45, 2.75) is 45.8 Å². The Kier molecular flexibility index (Phi) is 6.53. The molecule has 1 unspecified atom stereocenters. The number of nitrogens with zero attached hydrogens (tertiary/aromatic N) is 3. The first-order chi connectivity index (χ1) is 18.9. The highest BCUT2D eigenvalue weighted by atomic mass is 31.2. The zero-order valence-corrected chi connectivity index (χ0v) is 23.9. The molecule has 0 saturated heterocycles. The molecule has 0 bridgehead atoms. The Bertz CT molecular complexity index is 1850. The van der Waals surface area contributed by atoms with Crippen molar-refractivity contribution in [1.29, 1.82) is 0 Å². The van der Waals surface area contributed by atoms with Gasteiger partial charge in [-0.2, -0.15) is 5.10 Å². The molecule has 1 aromatic heterocycles. The maximum Gasteiger partial charge on any atom is 0.191 e. The molecule has 1 heterocycles. The molecule has 0 saturated carbocycles. The van der Waals surface area contributed by atoms with Crippen LogP contribution in [-0.2, 0) is 6.54 Å². The van der Waals surface area contributed by atoms with Crippen LogP contribution in [0.3, 0.4) is 0 Å². The molecule has 0 amide bonds. The van der Waals surface area contributed by atoms with Crippen LogP contribution in [-0.4, -0.2) is 14.9 Å². The van der Waals surface area contributed by atoms with Gasteiger partial charge in [0, 0.05) is 27.9 Å². The van der Waals surface area contributed by atoms with Crippen molar-refractivity contribution < 1.29 is 4.52 Å². The van der Waals surface area contributed by atoms with E-state index in [1.165, 1.54) is 5.39 Å². The molecule has 4 nitrogen and oxygen atoms in total. The van der Waals surface area contributed by atoms with Gasteiger partial charge in [-0.25, -0.2) is 4.74 Å². The molecule has 0 aliphatic heterocycles. The molecule has 0 N–H and O–H groups in total. The van der Waals surface area contributed by atoms with Crippen molar-refractivity contribution in [2.24, 2.45) is 4.74 Å². The molecule has 0 aliphatic rings. The minimum atomic E-state index is -2.82. The predicted molar refractivity (Wildman–Crippen MR) is 167 cm³/mol. The van der Waals surface area contributed by atoms with Crippen molar-refractivity contribution >= 4 is 50.9 Å². The van der Waals surface area contributed by atoms with Crippen molar-refractivity contribution in [2.75, 3.05) is 0 Å². The molecule has 39 heavy (non-hydrogen) atoms. The van der Waals surface area contributed by atoms with Crippen LogP contribution in [0.4, 0.5) is 5.69 Å². The molecule has 0 aliphatic carbocycles. The van der Waals surface area contributed by atoms with Gasteiger partial charge in [0.1, 0.15) is 11.2 Å². The Labute approximate surface area is 230 Å². The molecule has 0 radical (unpaired) electrons. The van der Waals surface area contributed by atoms with E-state index in [1.807, 2.05) is 0 Å². The van der Waals surface area contributed by atoms with Gasteiger partial charge in [-0.3, -0.25) is 4.68 Å². The van der Waals surface area contributed by atoms with E-state index in [0.29, 0.717) is 0 Å². The number of hydrogen-bond acceptors (Lipinski definition) is 3. The van der Waals surface area contributed by atoms with Gasteiger partial charge in [0.05, 0.1) is 11.2 Å². The lowest BCUT2D eigenvalue weighted by molar-refractivity contribution is 0.563. The number of fused-ring (bicyclic) bond motifs is 3. The first-order valence-corrected chi connectivity index (χ1v) is 15.3. The van der Waals surface area contributed by atoms with E-state index in [0.717, 1.165) is 56.9 Å². The molecule has 6 aromatic rings. The summed E-state index contributed by atoms with van der Waals surface area (Å²) in [6.45, 7) is 9.78. The van der Waals surface area contributed by atoms with Crippen molar-refractivity contribution in [3.8, 4) is 5.75 Å². The highest BCUT2D eigenvalue weighted by molar-refractivity contribution is 7.71. The maximum absolute atomic E-state index is 7.46. The van der Waals surface area contributed by atoms with Crippen LogP contribution in [0.5, 0.6) is 5.75 Å². The normalized spacial score (nSPS) is 13.5. The van der Waals surface area contributed by atoms with Crippen LogP contribution in [0.2, 0.25) is 0 Å². The third-order valence-corrected chi connectivity index (χ3v) is 11.1. The average molecular weight is 532 g/mol. The van der Waals surface area contributed by atoms with Crippen molar-refractivity contribution in [3.05, 3.63) is 109 Å². The topological polar surface area (TPSA) is 39.4 Å². The Morgan fingerprint density at radius 2 is 1.31 bits per heavy atom. The number of hydrogen-bond donors (Lipinski definition) is 0. The van der Waals surface area contributed by atoms with E-state index >= 15 is 0 Å². The SMILES string of the molecule is CCCn1nc2ccccc2c1P(=Nc1cccc2ccccc12)(Oc1cccc2ccccc12)C(C)(C)C. The first kappa shape index (κ1) is 25.4. The third-order valence-electron chi connectivity index (χ3n) is 7.24. The van der Waals surface area contributed by atoms with Gasteiger partial charge < -0.3 is 4.52 Å². The van der Waals surface area contributed by atoms with Gasteiger partial charge in [-0.1, -0.05) is 119 Å². The fourth-order valence-corrected chi connectivity index (χ4v) is 8.66. The highest BCUT2D eigenvalue weighted by Crippen LogP contribution is 2.63. The fraction of sp³-hybridized carbons (Fsp3) is 0.206. The van der Waals surface area contributed by atoms with E-state index in [1.54, 1.807) is 0 Å². The van der Waals surface area contributed by atoms with Crippen molar-refractivity contribution in [3.63, 3.8) is 0 Å². The molecule has 5 aromatic carbocycles. The Hall–Kier alpha value is -3.88. The summed E-state index contributed by atoms with van der Waals surface area (Å²) in [5, 5.41) is 10.4. The summed E-state index contributed by atoms with van der Waals surface area (Å²) < 4.78 is 15.4. The number of aryl methyl sites for hydroxylation is 1. The summed E-state index contributed by atoms with van der Waals surface area (Å²) in [4.78, 5) is 0. The molecule has 0 fully saturated rings. The Morgan fingerprint density at radius 3 is 2.03 bits per heavy atom. The summed E-state index contributed by atoms with van der Waals surface area (Å²) in [6.07, 6.45) is 0.966. The Balaban J connectivity index is 1.77. The minimum Gasteiger partial charge on any atom is -0.453 e. The van der Waals surface area contributed by atoms with Crippen molar-refractivity contribution in [1.82, 2.24) is 9.78 Å². The van der Waals surface area contributed by atoms with Crippen LogP contribution in [0.15, 0.2) is 114 Å². The lowest BCUT2D eigenvalue weighted by Crippen LogP contribution is -2.32. The standard InChI is InChI=1S/C34H34N3OP/c1-5-24-37-33(29-20-10-11-21-30(29)35-37)39(34(2,3)4,36-31-22-12-16-25-14-6-8-18-27(25)31)38-32-23-13-17-26-15-7-9-19-28(26)32/h6-23H,5,24H2,1-4H3. The number of aromatic nitrogens is 2. The monoisotopic (exact) mass is 531 g/mol. The summed E-state index contributed by atoms with van der Waals surface area (Å²) in [6, 6.07) is 38.0. The molecule has 196 valence electrons. The smallest absolute Gasteiger partial charge is 0.191 e. The summed E-state index contributed by atoms with van der Waals surface area (Å²) in [5.74, 6) is 0.855. The second-order valence-corrected chi connectivity index (χ2v) is 14.3. The second-order valence-electron chi connectivity index (χ2n) is 11.0. The summed E-state index contributed by atoms with van der Waals surface area (Å²) in [7, 11) is -2.82. The molecular weight excluding hydrogens is 497 g/mol. The van der Waals surface area contributed by atoms with Crippen LogP contribution in [0.25, 0.3) is 32.4 Å². The molecule has 6 rings (SSSR count). The van der Waals surface area contributed by atoms with E-state index in [4.69, 9.17) is 14.4 Å². The van der Waals surface area contributed by atoms with E-state index in [-0.39, 0.29) is 5.16 Å². The summed E-state index contributed by atoms with van der Waals surface area (Å²) in [5.41, 5.74) is 3.02. The number of rotatable bonds is 6. The first-order valence-electron chi connectivity index (χ1n) is 13.6. The molecule has 5 heteroatoms. The number of benzene rings is 5. The van der Waals surface area contributed by atoms with Crippen LogP contribution >= 0.6 is 7.28 Å². The van der Waals surface area contributed by atoms with Crippen LogP contribution in [0.1, 0.15) is 34.1 Å². The van der Waals surface area contributed by atoms with Crippen LogP contribution < -0.4 is 9.96 Å². The van der Waals surface area contributed by atoms with Gasteiger partial charge in [-0.05, 0) is 35.4 Å². The van der Waals surface area contributed by atoms with E-state index < -0.39 is 7.28 Å². The lowest BCUT2D eigenvalue weighted by Gasteiger charge is -2.37. The zero-order valence-electron chi connectivity index (χ0n) is 23.0. The highest BCUT2D eigenvalue weighted by Gasteiger charge is 2.43. The lowest BCUT2D eigenvalue weighted by atomic mass is 10.1. The van der Waals surface area contributed by atoms with Crippen LogP contribution in [0, 0.1) is 0 Å². The van der Waals surface area contributed by atoms with Gasteiger partial charge >= 0.3 is 0 Å². The second kappa shape index (κ2) is 10.0. The van der Waals surface area contributed by atoms with Gasteiger partial charge in [0.2, 0.25) is 0 Å². The largest absolute Gasteiger partial charge is 0.453 e. The van der Waals surface area contributed by atoms with Gasteiger partial charge in [-0.15, -0.1) is 0 Å². The van der Waals surface area contributed by atoms with Gasteiger partial charge in [0.15, 0.2) is 7.28 Å².